The summed E-state index contributed by atoms with van der Waals surface area (Å²) in [6, 6.07) is 11.6. The standard InChI is InChI=1S/C25H29N3O2/c1-17-9-10-20(18(2)14-17)16-27(3)24(29)19-11-12-21-22(15-19)26-23-8-6-4-5-7-13-28(23)25(21)30/h9-12,14-15H,4-8,13,16H2,1-3H3. The van der Waals surface area contributed by atoms with Gasteiger partial charge < -0.3 is 4.90 Å². The molecular formula is C25H29N3O2. The first-order valence-corrected chi connectivity index (χ1v) is 10.8. The number of carbonyl (C=O) groups is 1. The molecule has 0 N–H and O–H groups in total. The molecule has 0 fully saturated rings. The predicted octanol–water partition coefficient (Wildman–Crippen LogP) is 4.40. The molecule has 5 heteroatoms. The maximum atomic E-state index is 13.1. The van der Waals surface area contributed by atoms with Crippen LogP contribution >= 0.6 is 0 Å². The quantitative estimate of drug-likeness (QED) is 0.651. The van der Waals surface area contributed by atoms with Gasteiger partial charge in [-0.2, -0.15) is 0 Å². The van der Waals surface area contributed by atoms with Crippen molar-refractivity contribution < 1.29 is 4.79 Å². The van der Waals surface area contributed by atoms with Crippen LogP contribution in [0.15, 0.2) is 41.2 Å². The lowest BCUT2D eigenvalue weighted by atomic mass is 10.0. The van der Waals surface area contributed by atoms with Gasteiger partial charge in [0.05, 0.1) is 10.9 Å². The van der Waals surface area contributed by atoms with E-state index in [-0.39, 0.29) is 11.5 Å². The van der Waals surface area contributed by atoms with Crippen molar-refractivity contribution in [1.29, 1.82) is 0 Å². The summed E-state index contributed by atoms with van der Waals surface area (Å²) < 4.78 is 1.83. The molecule has 0 spiro atoms. The monoisotopic (exact) mass is 403 g/mol. The first-order chi connectivity index (χ1) is 14.4. The fourth-order valence-electron chi connectivity index (χ4n) is 4.30. The zero-order chi connectivity index (χ0) is 21.3. The molecule has 0 saturated heterocycles. The summed E-state index contributed by atoms with van der Waals surface area (Å²) in [5.41, 5.74) is 4.73. The molecule has 3 aromatic rings. The van der Waals surface area contributed by atoms with Crippen LogP contribution in [0.3, 0.4) is 0 Å². The SMILES string of the molecule is Cc1ccc(CN(C)C(=O)c2ccc3c(=O)n4c(nc3c2)CCCCCC4)c(C)c1. The van der Waals surface area contributed by atoms with E-state index in [2.05, 4.69) is 32.0 Å². The smallest absolute Gasteiger partial charge is 0.261 e. The third kappa shape index (κ3) is 4.02. The first kappa shape index (κ1) is 20.3. The van der Waals surface area contributed by atoms with E-state index >= 15 is 0 Å². The van der Waals surface area contributed by atoms with Crippen LogP contribution in [0.1, 0.15) is 58.6 Å². The summed E-state index contributed by atoms with van der Waals surface area (Å²) in [7, 11) is 1.81. The van der Waals surface area contributed by atoms with Crippen LogP contribution in [0.2, 0.25) is 0 Å². The van der Waals surface area contributed by atoms with E-state index in [0.29, 0.717) is 23.0 Å². The maximum absolute atomic E-state index is 13.1. The van der Waals surface area contributed by atoms with Crippen molar-refractivity contribution in [2.45, 2.75) is 59.0 Å². The largest absolute Gasteiger partial charge is 0.337 e. The number of nitrogens with zero attached hydrogens (tertiary/aromatic N) is 3. The van der Waals surface area contributed by atoms with Crippen LogP contribution < -0.4 is 5.56 Å². The molecule has 1 aliphatic heterocycles. The lowest BCUT2D eigenvalue weighted by Crippen LogP contribution is -2.28. The van der Waals surface area contributed by atoms with Crippen molar-refractivity contribution in [3.63, 3.8) is 0 Å². The second-order valence-corrected chi connectivity index (χ2v) is 8.47. The molecule has 2 heterocycles. The molecule has 2 aromatic carbocycles. The number of rotatable bonds is 3. The van der Waals surface area contributed by atoms with E-state index < -0.39 is 0 Å². The summed E-state index contributed by atoms with van der Waals surface area (Å²) in [6.07, 6.45) is 5.21. The van der Waals surface area contributed by atoms with Gasteiger partial charge in [0.25, 0.3) is 11.5 Å². The average Bonchev–Trinajstić information content (AvgIpc) is 2.70. The van der Waals surface area contributed by atoms with Crippen molar-refractivity contribution >= 4 is 16.8 Å². The highest BCUT2D eigenvalue weighted by Gasteiger charge is 2.17. The summed E-state index contributed by atoms with van der Waals surface area (Å²) in [6.45, 7) is 5.42. The van der Waals surface area contributed by atoms with Gasteiger partial charge >= 0.3 is 0 Å². The van der Waals surface area contributed by atoms with Gasteiger partial charge in [0.2, 0.25) is 0 Å². The van der Waals surface area contributed by atoms with E-state index in [1.54, 1.807) is 23.1 Å². The fourth-order valence-corrected chi connectivity index (χ4v) is 4.30. The topological polar surface area (TPSA) is 55.2 Å². The summed E-state index contributed by atoms with van der Waals surface area (Å²) in [5.74, 6) is 0.783. The normalized spacial score (nSPS) is 14.1. The van der Waals surface area contributed by atoms with E-state index in [4.69, 9.17) is 4.98 Å². The molecule has 1 aromatic heterocycles. The van der Waals surface area contributed by atoms with Gasteiger partial charge in [-0.15, -0.1) is 0 Å². The lowest BCUT2D eigenvalue weighted by Gasteiger charge is -2.20. The Labute approximate surface area is 177 Å². The van der Waals surface area contributed by atoms with Crippen LogP contribution in [0.25, 0.3) is 10.9 Å². The van der Waals surface area contributed by atoms with Gasteiger partial charge in [-0.3, -0.25) is 14.2 Å². The molecule has 0 unspecified atom stereocenters. The molecule has 0 saturated carbocycles. The highest BCUT2D eigenvalue weighted by Crippen LogP contribution is 2.18. The van der Waals surface area contributed by atoms with Crippen molar-refractivity contribution in [2.75, 3.05) is 7.05 Å². The predicted molar refractivity (Wildman–Crippen MR) is 120 cm³/mol. The van der Waals surface area contributed by atoms with Gasteiger partial charge in [-0.1, -0.05) is 36.6 Å². The molecule has 0 atom stereocenters. The third-order valence-corrected chi connectivity index (χ3v) is 6.07. The fraction of sp³-hybridized carbons (Fsp3) is 0.400. The van der Waals surface area contributed by atoms with Crippen molar-refractivity contribution in [2.24, 2.45) is 0 Å². The second kappa shape index (κ2) is 8.42. The van der Waals surface area contributed by atoms with Gasteiger partial charge in [-0.25, -0.2) is 4.98 Å². The highest BCUT2D eigenvalue weighted by molar-refractivity contribution is 5.97. The Bertz CT molecular complexity index is 1160. The number of hydrogen-bond donors (Lipinski definition) is 0. The average molecular weight is 404 g/mol. The lowest BCUT2D eigenvalue weighted by molar-refractivity contribution is 0.0785. The Morgan fingerprint density at radius 2 is 1.87 bits per heavy atom. The zero-order valence-corrected chi connectivity index (χ0v) is 18.1. The van der Waals surface area contributed by atoms with Gasteiger partial charge in [0, 0.05) is 32.1 Å². The molecule has 0 bridgehead atoms. The molecule has 5 nitrogen and oxygen atoms in total. The number of aromatic nitrogens is 2. The van der Waals surface area contributed by atoms with E-state index in [0.717, 1.165) is 43.6 Å². The Morgan fingerprint density at radius 1 is 1.07 bits per heavy atom. The summed E-state index contributed by atoms with van der Waals surface area (Å²) >= 11 is 0. The minimum Gasteiger partial charge on any atom is -0.337 e. The number of fused-ring (bicyclic) bond motifs is 2. The number of carbonyl (C=O) groups excluding carboxylic acids is 1. The molecule has 1 amide bonds. The number of hydrogen-bond acceptors (Lipinski definition) is 3. The van der Waals surface area contributed by atoms with Crippen LogP contribution in [0, 0.1) is 13.8 Å². The van der Waals surface area contributed by atoms with E-state index in [9.17, 15) is 9.59 Å². The molecule has 156 valence electrons. The molecule has 0 aliphatic carbocycles. The summed E-state index contributed by atoms with van der Waals surface area (Å²) in [5, 5.41) is 0.591. The van der Waals surface area contributed by atoms with Crippen LogP contribution in [-0.4, -0.2) is 27.4 Å². The van der Waals surface area contributed by atoms with Crippen molar-refractivity contribution in [3.05, 3.63) is 74.8 Å². The molecular weight excluding hydrogens is 374 g/mol. The van der Waals surface area contributed by atoms with Crippen molar-refractivity contribution in [1.82, 2.24) is 14.5 Å². The van der Waals surface area contributed by atoms with E-state index in [1.165, 1.54) is 17.5 Å². The molecule has 30 heavy (non-hydrogen) atoms. The minimum absolute atomic E-state index is 0.0135. The Morgan fingerprint density at radius 3 is 2.67 bits per heavy atom. The number of aryl methyl sites for hydroxylation is 3. The Hall–Kier alpha value is -2.95. The second-order valence-electron chi connectivity index (χ2n) is 8.47. The first-order valence-electron chi connectivity index (χ1n) is 10.8. The molecule has 0 radical (unpaired) electrons. The Kier molecular flexibility index (Phi) is 5.71. The maximum Gasteiger partial charge on any atom is 0.261 e. The highest BCUT2D eigenvalue weighted by atomic mass is 16.2. The van der Waals surface area contributed by atoms with Crippen LogP contribution in [-0.2, 0) is 19.5 Å². The van der Waals surface area contributed by atoms with Crippen LogP contribution in [0.5, 0.6) is 0 Å². The van der Waals surface area contributed by atoms with E-state index in [1.807, 2.05) is 11.6 Å². The minimum atomic E-state index is -0.0643. The number of amides is 1. The molecule has 1 aliphatic rings. The van der Waals surface area contributed by atoms with Gasteiger partial charge in [-0.05, 0) is 56.0 Å². The van der Waals surface area contributed by atoms with Crippen molar-refractivity contribution in [3.8, 4) is 0 Å². The molecule has 4 rings (SSSR count). The zero-order valence-electron chi connectivity index (χ0n) is 18.1. The Balaban J connectivity index is 1.64. The summed E-state index contributed by atoms with van der Waals surface area (Å²) in [4.78, 5) is 32.5. The third-order valence-electron chi connectivity index (χ3n) is 6.07. The van der Waals surface area contributed by atoms with Gasteiger partial charge in [0.15, 0.2) is 0 Å². The van der Waals surface area contributed by atoms with Crippen LogP contribution in [0.4, 0.5) is 0 Å². The number of benzene rings is 2. The van der Waals surface area contributed by atoms with Gasteiger partial charge in [0.1, 0.15) is 5.82 Å².